The van der Waals surface area contributed by atoms with Gasteiger partial charge in [-0.3, -0.25) is 0 Å². The van der Waals surface area contributed by atoms with Crippen LogP contribution in [0, 0.1) is 31.9 Å². The third-order valence-corrected chi connectivity index (χ3v) is 14.4. The van der Waals surface area contributed by atoms with Crippen LogP contribution in [0.15, 0.2) is 108 Å². The molecule has 0 saturated heterocycles. The van der Waals surface area contributed by atoms with Gasteiger partial charge in [-0.25, -0.2) is 0 Å². The normalized spacial score (nSPS) is 11.5. The zero-order valence-electron chi connectivity index (χ0n) is 32.7. The molecule has 3 heterocycles. The summed E-state index contributed by atoms with van der Waals surface area (Å²) in [6.45, 7) is 13.4. The topological polar surface area (TPSA) is 38.9 Å². The smallest absolute Gasteiger partial charge is 0.121 e. The van der Waals surface area contributed by atoms with Gasteiger partial charge in [0.05, 0.1) is 5.58 Å². The molecule has 3 nitrogen and oxygen atoms in total. The number of aryl methyl sites for hydroxylation is 2. The summed E-state index contributed by atoms with van der Waals surface area (Å²) in [7, 11) is 0. The average molecular weight is 938 g/mol. The van der Waals surface area contributed by atoms with Gasteiger partial charge < -0.3 is 9.40 Å². The summed E-state index contributed by atoms with van der Waals surface area (Å²) >= 11 is -1.86. The number of furan rings is 1. The summed E-state index contributed by atoms with van der Waals surface area (Å²) in [6.07, 6.45) is 7.47. The van der Waals surface area contributed by atoms with Crippen molar-refractivity contribution in [3.63, 3.8) is 0 Å². The van der Waals surface area contributed by atoms with E-state index in [2.05, 4.69) is 149 Å². The van der Waals surface area contributed by atoms with Gasteiger partial charge in [0.15, 0.2) is 0 Å². The Morgan fingerprint density at radius 2 is 1.47 bits per heavy atom. The summed E-state index contributed by atoms with van der Waals surface area (Å²) in [5, 5.41) is 2.23. The fourth-order valence-corrected chi connectivity index (χ4v) is 10.7. The van der Waals surface area contributed by atoms with Crippen LogP contribution in [0.4, 0.5) is 0 Å². The number of hydrogen-bond acceptors (Lipinski definition) is 3. The molecule has 0 aliphatic carbocycles. The van der Waals surface area contributed by atoms with Gasteiger partial charge in [-0.05, 0) is 72.7 Å². The number of fused-ring (bicyclic) bond motifs is 3. The van der Waals surface area contributed by atoms with Crippen molar-refractivity contribution in [3.05, 3.63) is 138 Å². The monoisotopic (exact) mass is 939 g/mol. The Bertz CT molecular complexity index is 2280. The van der Waals surface area contributed by atoms with E-state index in [1.807, 2.05) is 30.5 Å². The summed E-state index contributed by atoms with van der Waals surface area (Å²) in [5.41, 5.74) is 13.8. The number of nitrogens with zero attached hydrogens (tertiary/aromatic N) is 2. The minimum atomic E-state index is -1.86. The second-order valence-corrected chi connectivity index (χ2v) is 26.1. The molecular formula is C48H52GeIrN2O-2. The second-order valence-electron chi connectivity index (χ2n) is 15.5. The van der Waals surface area contributed by atoms with E-state index >= 15 is 0 Å². The number of hydrogen-bond donors (Lipinski definition) is 0. The maximum atomic E-state index is 6.23. The molecule has 0 saturated carbocycles. The Labute approximate surface area is 333 Å². The van der Waals surface area contributed by atoms with Crippen LogP contribution < -0.4 is 4.40 Å². The van der Waals surface area contributed by atoms with E-state index in [1.165, 1.54) is 33.4 Å². The van der Waals surface area contributed by atoms with E-state index in [0.29, 0.717) is 11.8 Å². The molecule has 0 fully saturated rings. The van der Waals surface area contributed by atoms with Crippen molar-refractivity contribution >= 4 is 39.6 Å². The molecule has 275 valence electrons. The molecule has 0 bridgehead atoms. The van der Waals surface area contributed by atoms with E-state index in [-0.39, 0.29) is 20.1 Å². The summed E-state index contributed by atoms with van der Waals surface area (Å²) in [4.78, 5) is 9.34. The largest absolute Gasteiger partial charge is 0.500 e. The number of benzene rings is 4. The van der Waals surface area contributed by atoms with Crippen molar-refractivity contribution in [2.45, 2.75) is 84.0 Å². The van der Waals surface area contributed by atoms with Crippen LogP contribution in [-0.2, 0) is 26.5 Å². The molecular weight excluding hydrogens is 885 g/mol. The SMILES string of the molecule is CC(C)Cc1cc(-c2[c-]cccc2)nc[c]1[Ge]([CH3])([CH3])[CH3].CCC(CC)c1ccnc(-c2[c-]cc3oc4cc(-c5c(C)cccc5C)ccc4c3c2)c1.[Ir]. The van der Waals surface area contributed by atoms with Crippen LogP contribution in [0.2, 0.25) is 17.3 Å². The van der Waals surface area contributed by atoms with Gasteiger partial charge in [0.25, 0.3) is 0 Å². The maximum absolute atomic E-state index is 6.23. The first-order chi connectivity index (χ1) is 25.0. The standard InChI is InChI=1S/C30H28NO.C18H24GeN.Ir/c1-5-21(6-2)22-14-15-31-27(17-22)23-11-13-28-26(16-23)25-12-10-24(18-29(25)32-28)30-19(3)8-7-9-20(30)4;1-14(2)11-16-12-18(15-9-7-6-8-10-15)20-13-17(16)19(3,4)5;/h7-10,12-18,21H,5-6H2,1-4H3;6-9,12-14H,11H2,1-5H3;/q2*-1;. The Morgan fingerprint density at radius 1 is 0.736 bits per heavy atom. The molecule has 1 radical (unpaired) electrons. The Morgan fingerprint density at radius 3 is 2.13 bits per heavy atom. The van der Waals surface area contributed by atoms with Gasteiger partial charge in [0.1, 0.15) is 5.58 Å². The quantitative estimate of drug-likeness (QED) is 0.107. The van der Waals surface area contributed by atoms with Crippen LogP contribution in [0.5, 0.6) is 0 Å². The predicted molar refractivity (Wildman–Crippen MR) is 224 cm³/mol. The third kappa shape index (κ3) is 9.28. The molecule has 0 amide bonds. The number of pyridine rings is 2. The zero-order chi connectivity index (χ0) is 37.0. The van der Waals surface area contributed by atoms with Crippen LogP contribution in [0.1, 0.15) is 68.7 Å². The van der Waals surface area contributed by atoms with Crippen molar-refractivity contribution < 1.29 is 24.5 Å². The first-order valence-electron chi connectivity index (χ1n) is 18.8. The molecule has 3 aromatic heterocycles. The van der Waals surface area contributed by atoms with Gasteiger partial charge in [0.2, 0.25) is 0 Å². The molecule has 53 heavy (non-hydrogen) atoms. The van der Waals surface area contributed by atoms with E-state index in [0.717, 1.165) is 63.7 Å². The van der Waals surface area contributed by atoms with Crippen molar-refractivity contribution in [2.24, 2.45) is 5.92 Å². The molecule has 0 spiro atoms. The minimum Gasteiger partial charge on any atom is -0.500 e. The Kier molecular flexibility index (Phi) is 13.4. The van der Waals surface area contributed by atoms with Crippen molar-refractivity contribution in [1.29, 1.82) is 0 Å². The van der Waals surface area contributed by atoms with Crippen LogP contribution in [-0.4, -0.2) is 23.2 Å². The molecule has 7 rings (SSSR count). The Balaban J connectivity index is 0.000000223. The zero-order valence-corrected chi connectivity index (χ0v) is 37.2. The summed E-state index contributed by atoms with van der Waals surface area (Å²) < 4.78 is 7.77. The van der Waals surface area contributed by atoms with Crippen molar-refractivity contribution in [2.75, 3.05) is 0 Å². The van der Waals surface area contributed by atoms with Gasteiger partial charge in [-0.1, -0.05) is 61.2 Å². The molecule has 0 unspecified atom stereocenters. The summed E-state index contributed by atoms with van der Waals surface area (Å²) in [5.74, 6) is 8.56. The van der Waals surface area contributed by atoms with E-state index in [1.54, 1.807) is 4.40 Å². The first-order valence-corrected chi connectivity index (χ1v) is 26.2. The molecule has 7 aromatic rings. The molecule has 5 heteroatoms. The minimum absolute atomic E-state index is 0. The summed E-state index contributed by atoms with van der Waals surface area (Å²) in [6, 6.07) is 38.5. The molecule has 4 aromatic carbocycles. The Hall–Kier alpha value is -3.83. The van der Waals surface area contributed by atoms with Gasteiger partial charge in [-0.15, -0.1) is 23.8 Å². The van der Waals surface area contributed by atoms with E-state index in [4.69, 9.17) is 9.40 Å². The first kappa shape index (κ1) is 40.4. The molecule has 0 atom stereocenters. The molecule has 0 aliphatic heterocycles. The van der Waals surface area contributed by atoms with Crippen molar-refractivity contribution in [3.8, 4) is 33.6 Å². The van der Waals surface area contributed by atoms with E-state index < -0.39 is 13.3 Å². The van der Waals surface area contributed by atoms with Gasteiger partial charge >= 0.3 is 126 Å². The van der Waals surface area contributed by atoms with E-state index in [9.17, 15) is 0 Å². The predicted octanol–water partition coefficient (Wildman–Crippen LogP) is 12.9. The second kappa shape index (κ2) is 17.5. The number of rotatable bonds is 9. The van der Waals surface area contributed by atoms with Gasteiger partial charge in [0, 0.05) is 31.7 Å². The molecule has 0 N–H and O–H groups in total. The molecule has 0 aliphatic rings. The van der Waals surface area contributed by atoms with Crippen molar-refractivity contribution in [1.82, 2.24) is 9.97 Å². The van der Waals surface area contributed by atoms with Crippen LogP contribution >= 0.6 is 0 Å². The fraction of sp³-hybridized carbons (Fsp3) is 0.292. The average Bonchev–Trinajstić information content (AvgIpc) is 3.49. The van der Waals surface area contributed by atoms with Crippen LogP contribution in [0.25, 0.3) is 55.6 Å². The fourth-order valence-electron chi connectivity index (χ4n) is 7.38. The van der Waals surface area contributed by atoms with Crippen LogP contribution in [0.3, 0.4) is 0 Å². The maximum Gasteiger partial charge on any atom is 0.121 e. The third-order valence-electron chi connectivity index (χ3n) is 10.1. The number of aromatic nitrogens is 2. The van der Waals surface area contributed by atoms with Gasteiger partial charge in [-0.2, -0.15) is 0 Å².